The Morgan fingerprint density at radius 3 is 2.61 bits per heavy atom. The highest BCUT2D eigenvalue weighted by Gasteiger charge is 2.39. The van der Waals surface area contributed by atoms with Gasteiger partial charge in [-0.15, -0.1) is 0 Å². The fourth-order valence-corrected chi connectivity index (χ4v) is 5.24. The van der Waals surface area contributed by atoms with Gasteiger partial charge in [0.1, 0.15) is 4.90 Å². The summed E-state index contributed by atoms with van der Waals surface area (Å²) in [5.41, 5.74) is 0.206. The quantitative estimate of drug-likeness (QED) is 0.736. The van der Waals surface area contributed by atoms with Gasteiger partial charge in [-0.1, -0.05) is 23.7 Å². The van der Waals surface area contributed by atoms with Crippen LogP contribution in [0.25, 0.3) is 0 Å². The van der Waals surface area contributed by atoms with Crippen molar-refractivity contribution in [1.29, 1.82) is 0 Å². The zero-order valence-corrected chi connectivity index (χ0v) is 16.1. The average molecular weight is 434 g/mol. The Kier molecular flexibility index (Phi) is 5.44. The molecule has 1 unspecified atom stereocenters. The van der Waals surface area contributed by atoms with Crippen LogP contribution < -0.4 is 4.72 Å². The molecule has 3 rings (SSSR count). The summed E-state index contributed by atoms with van der Waals surface area (Å²) in [5, 5.41) is -0.524. The van der Waals surface area contributed by atoms with Crippen LogP contribution in [0.5, 0.6) is 0 Å². The van der Waals surface area contributed by atoms with Crippen LogP contribution in [0, 0.1) is 0 Å². The summed E-state index contributed by atoms with van der Waals surface area (Å²) >= 11 is 5.81. The number of alkyl halides is 3. The molecule has 2 aromatic carbocycles. The summed E-state index contributed by atoms with van der Waals surface area (Å²) < 4.78 is 72.4. The Morgan fingerprint density at radius 1 is 1.25 bits per heavy atom. The molecule has 0 heterocycles. The first-order valence-corrected chi connectivity index (χ1v) is 10.00. The lowest BCUT2D eigenvalue weighted by atomic mass is 10.0. The van der Waals surface area contributed by atoms with Crippen LogP contribution in [0.15, 0.2) is 41.3 Å². The van der Waals surface area contributed by atoms with Gasteiger partial charge < -0.3 is 4.74 Å². The lowest BCUT2D eigenvalue weighted by Gasteiger charge is -2.19. The highest BCUT2D eigenvalue weighted by atomic mass is 35.5. The third-order valence-electron chi connectivity index (χ3n) is 4.48. The number of carbonyl (C=O) groups excluding carboxylic acids is 1. The maximum Gasteiger partial charge on any atom is 0.417 e. The van der Waals surface area contributed by atoms with Gasteiger partial charge in [0, 0.05) is 6.04 Å². The second-order valence-electron chi connectivity index (χ2n) is 6.23. The number of benzene rings is 2. The molecule has 0 aromatic heterocycles. The van der Waals surface area contributed by atoms with Crippen molar-refractivity contribution in [1.82, 2.24) is 4.72 Å². The van der Waals surface area contributed by atoms with E-state index in [4.69, 9.17) is 11.6 Å². The number of halogens is 4. The van der Waals surface area contributed by atoms with Crippen LogP contribution in [-0.4, -0.2) is 21.5 Å². The molecule has 0 saturated carbocycles. The van der Waals surface area contributed by atoms with Crippen LogP contribution in [-0.2, 0) is 27.4 Å². The number of hydrogen-bond donors (Lipinski definition) is 1. The van der Waals surface area contributed by atoms with Crippen LogP contribution in [0.3, 0.4) is 0 Å². The number of methoxy groups -OCH3 is 1. The lowest BCUT2D eigenvalue weighted by Crippen LogP contribution is -2.29. The fourth-order valence-electron chi connectivity index (χ4n) is 3.22. The van der Waals surface area contributed by atoms with Gasteiger partial charge in [-0.25, -0.2) is 17.9 Å². The molecular formula is C18H15ClF3NO4S. The van der Waals surface area contributed by atoms with Crippen LogP contribution in [0.4, 0.5) is 13.2 Å². The van der Waals surface area contributed by atoms with Gasteiger partial charge in [-0.05, 0) is 48.2 Å². The molecule has 0 bridgehead atoms. The number of sulfonamides is 1. The molecular weight excluding hydrogens is 419 g/mol. The van der Waals surface area contributed by atoms with Crippen molar-refractivity contribution in [3.05, 3.63) is 63.7 Å². The molecule has 1 N–H and O–H groups in total. The number of ether oxygens (including phenoxy) is 1. The SMILES string of the molecule is COC(=O)c1ccc2c(c1)C(NS(=O)(=O)c1c(Cl)cccc1C(F)(F)F)CC2. The summed E-state index contributed by atoms with van der Waals surface area (Å²) in [6, 6.07) is 6.71. The van der Waals surface area contributed by atoms with E-state index in [2.05, 4.69) is 9.46 Å². The Hall–Kier alpha value is -2.10. The number of rotatable bonds is 4. The van der Waals surface area contributed by atoms with Gasteiger partial charge >= 0.3 is 12.1 Å². The summed E-state index contributed by atoms with van der Waals surface area (Å²) in [6.45, 7) is 0. The molecule has 1 atom stereocenters. The molecule has 0 fully saturated rings. The van der Waals surface area contributed by atoms with Gasteiger partial charge in [-0.3, -0.25) is 0 Å². The van der Waals surface area contributed by atoms with E-state index in [-0.39, 0.29) is 5.56 Å². The summed E-state index contributed by atoms with van der Waals surface area (Å²) in [6.07, 6.45) is -4.04. The normalized spacial score (nSPS) is 16.7. The maximum atomic E-state index is 13.3. The Labute approximate surface area is 164 Å². The van der Waals surface area contributed by atoms with E-state index in [0.29, 0.717) is 24.5 Å². The first-order chi connectivity index (χ1) is 13.0. The molecule has 2 aromatic rings. The molecule has 0 amide bonds. The smallest absolute Gasteiger partial charge is 0.417 e. The van der Waals surface area contributed by atoms with Crippen molar-refractivity contribution in [2.75, 3.05) is 7.11 Å². The van der Waals surface area contributed by atoms with E-state index in [0.717, 1.165) is 17.7 Å². The maximum absolute atomic E-state index is 13.3. The van der Waals surface area contributed by atoms with Crippen molar-refractivity contribution < 1.29 is 31.1 Å². The Balaban J connectivity index is 2.00. The molecule has 0 radical (unpaired) electrons. The van der Waals surface area contributed by atoms with Gasteiger partial charge in [0.25, 0.3) is 0 Å². The molecule has 28 heavy (non-hydrogen) atoms. The number of nitrogens with one attached hydrogen (secondary N) is 1. The van der Waals surface area contributed by atoms with Gasteiger partial charge in [-0.2, -0.15) is 13.2 Å². The minimum absolute atomic E-state index is 0.223. The first kappa shape index (κ1) is 20.6. The average Bonchev–Trinajstić information content (AvgIpc) is 3.01. The van der Waals surface area contributed by atoms with E-state index in [1.54, 1.807) is 12.1 Å². The van der Waals surface area contributed by atoms with Crippen molar-refractivity contribution >= 4 is 27.6 Å². The summed E-state index contributed by atoms with van der Waals surface area (Å²) in [7, 11) is -3.37. The minimum atomic E-state index is -4.89. The largest absolute Gasteiger partial charge is 0.465 e. The zero-order valence-electron chi connectivity index (χ0n) is 14.5. The predicted octanol–water partition coefficient (Wildman–Crippen LogP) is 4.11. The number of hydrogen-bond acceptors (Lipinski definition) is 4. The van der Waals surface area contributed by atoms with Crippen molar-refractivity contribution in [2.45, 2.75) is 30.0 Å². The van der Waals surface area contributed by atoms with Crippen LogP contribution in [0.2, 0.25) is 5.02 Å². The van der Waals surface area contributed by atoms with Crippen molar-refractivity contribution in [2.24, 2.45) is 0 Å². The molecule has 10 heteroatoms. The number of aryl methyl sites for hydroxylation is 1. The van der Waals surface area contributed by atoms with E-state index >= 15 is 0 Å². The molecule has 1 aliphatic rings. The third-order valence-corrected chi connectivity index (χ3v) is 6.48. The number of carbonyl (C=O) groups is 1. The standard InChI is InChI=1S/C18H15ClF3NO4S/c1-27-17(24)11-6-5-10-7-8-15(12(10)9-11)23-28(25,26)16-13(18(20,21)22)3-2-4-14(16)19/h2-6,9,15,23H,7-8H2,1H3. The van der Waals surface area contributed by atoms with Crippen LogP contribution >= 0.6 is 11.6 Å². The number of fused-ring (bicyclic) bond motifs is 1. The third kappa shape index (κ3) is 3.87. The highest BCUT2D eigenvalue weighted by Crippen LogP contribution is 2.39. The molecule has 0 aliphatic heterocycles. The van der Waals surface area contributed by atoms with Crippen LogP contribution in [0.1, 0.15) is 39.5 Å². The molecule has 1 aliphatic carbocycles. The molecule has 150 valence electrons. The van der Waals surface area contributed by atoms with E-state index in [9.17, 15) is 26.4 Å². The second kappa shape index (κ2) is 7.38. The number of esters is 1. The zero-order chi connectivity index (χ0) is 20.7. The van der Waals surface area contributed by atoms with Gasteiger partial charge in [0.15, 0.2) is 0 Å². The monoisotopic (exact) mass is 433 g/mol. The van der Waals surface area contributed by atoms with E-state index in [1.807, 2.05) is 0 Å². The molecule has 5 nitrogen and oxygen atoms in total. The van der Waals surface area contributed by atoms with E-state index < -0.39 is 43.7 Å². The van der Waals surface area contributed by atoms with Crippen molar-refractivity contribution in [3.63, 3.8) is 0 Å². The fraction of sp³-hybridized carbons (Fsp3) is 0.278. The van der Waals surface area contributed by atoms with Gasteiger partial charge in [0.2, 0.25) is 10.0 Å². The topological polar surface area (TPSA) is 72.5 Å². The molecule has 0 spiro atoms. The minimum Gasteiger partial charge on any atom is -0.465 e. The summed E-state index contributed by atoms with van der Waals surface area (Å²) in [5.74, 6) is -0.596. The summed E-state index contributed by atoms with van der Waals surface area (Å²) in [4.78, 5) is 10.7. The lowest BCUT2D eigenvalue weighted by molar-refractivity contribution is -0.139. The highest BCUT2D eigenvalue weighted by molar-refractivity contribution is 7.89. The van der Waals surface area contributed by atoms with Gasteiger partial charge in [0.05, 0.1) is 23.3 Å². The first-order valence-electron chi connectivity index (χ1n) is 8.14. The Morgan fingerprint density at radius 2 is 1.96 bits per heavy atom. The molecule has 0 saturated heterocycles. The van der Waals surface area contributed by atoms with E-state index in [1.165, 1.54) is 13.2 Å². The van der Waals surface area contributed by atoms with Crippen molar-refractivity contribution in [3.8, 4) is 0 Å². The Bertz CT molecular complexity index is 1040. The second-order valence-corrected chi connectivity index (χ2v) is 8.29. The predicted molar refractivity (Wildman–Crippen MR) is 95.6 cm³/mol.